The number of alkyl halides is 3. The first kappa shape index (κ1) is 23.8. The zero-order valence-electron chi connectivity index (χ0n) is 19.1. The van der Waals surface area contributed by atoms with Crippen LogP contribution in [0.2, 0.25) is 0 Å². The minimum Gasteiger partial charge on any atom is -0.369 e. The first-order chi connectivity index (χ1) is 16.3. The molecule has 178 valence electrons. The quantitative estimate of drug-likeness (QED) is 0.537. The summed E-state index contributed by atoms with van der Waals surface area (Å²) >= 11 is 0. The Bertz CT molecular complexity index is 1100. The fourth-order valence-corrected chi connectivity index (χ4v) is 4.08. The van der Waals surface area contributed by atoms with Crippen LogP contribution in [0.3, 0.4) is 0 Å². The molecule has 0 radical (unpaired) electrons. The molecule has 0 atom stereocenters. The number of amides is 1. The molecule has 7 heteroatoms. The SMILES string of the molecule is Cc1ccc(N2CCN(Cc3ccc(C(=O)NCc4cccc(C(F)(F)F)c4)cc3)CC2)cc1. The van der Waals surface area contributed by atoms with Gasteiger partial charge in [0.05, 0.1) is 5.56 Å². The van der Waals surface area contributed by atoms with Crippen LogP contribution in [0.5, 0.6) is 0 Å². The summed E-state index contributed by atoms with van der Waals surface area (Å²) in [5, 5.41) is 2.70. The van der Waals surface area contributed by atoms with Crippen LogP contribution in [0.1, 0.15) is 32.6 Å². The van der Waals surface area contributed by atoms with Crippen LogP contribution in [0.4, 0.5) is 18.9 Å². The molecule has 0 aromatic heterocycles. The molecule has 0 saturated carbocycles. The number of hydrogen-bond acceptors (Lipinski definition) is 3. The van der Waals surface area contributed by atoms with Gasteiger partial charge in [-0.3, -0.25) is 9.69 Å². The molecule has 1 heterocycles. The molecule has 4 rings (SSSR count). The average molecular weight is 468 g/mol. The predicted molar refractivity (Wildman–Crippen MR) is 128 cm³/mol. The lowest BCUT2D eigenvalue weighted by atomic mass is 10.1. The van der Waals surface area contributed by atoms with Crippen molar-refractivity contribution >= 4 is 11.6 Å². The van der Waals surface area contributed by atoms with Crippen molar-refractivity contribution in [3.05, 3.63) is 101 Å². The minimum atomic E-state index is -4.40. The molecule has 1 aliphatic rings. The molecule has 1 N–H and O–H groups in total. The van der Waals surface area contributed by atoms with Crippen molar-refractivity contribution in [3.63, 3.8) is 0 Å². The smallest absolute Gasteiger partial charge is 0.369 e. The van der Waals surface area contributed by atoms with Gasteiger partial charge in [0, 0.05) is 50.5 Å². The van der Waals surface area contributed by atoms with E-state index in [1.807, 2.05) is 12.1 Å². The molecule has 3 aromatic rings. The molecule has 0 spiro atoms. The maximum atomic E-state index is 12.9. The van der Waals surface area contributed by atoms with E-state index in [1.165, 1.54) is 17.3 Å². The maximum absolute atomic E-state index is 12.9. The van der Waals surface area contributed by atoms with Gasteiger partial charge >= 0.3 is 6.18 Å². The van der Waals surface area contributed by atoms with Gasteiger partial charge in [0.25, 0.3) is 5.91 Å². The summed E-state index contributed by atoms with van der Waals surface area (Å²) in [5.74, 6) is -0.310. The average Bonchev–Trinajstić information content (AvgIpc) is 2.84. The van der Waals surface area contributed by atoms with Crippen LogP contribution in [0, 0.1) is 6.92 Å². The molecule has 34 heavy (non-hydrogen) atoms. The Morgan fingerprint density at radius 3 is 2.21 bits per heavy atom. The van der Waals surface area contributed by atoms with Gasteiger partial charge in [0.2, 0.25) is 0 Å². The number of piperazine rings is 1. The van der Waals surface area contributed by atoms with Gasteiger partial charge in [-0.15, -0.1) is 0 Å². The summed E-state index contributed by atoms with van der Waals surface area (Å²) < 4.78 is 38.6. The highest BCUT2D eigenvalue weighted by atomic mass is 19.4. The molecule has 0 unspecified atom stereocenters. The van der Waals surface area contributed by atoms with E-state index in [9.17, 15) is 18.0 Å². The normalized spacial score (nSPS) is 14.8. The molecule has 0 bridgehead atoms. The number of rotatable bonds is 6. The zero-order chi connectivity index (χ0) is 24.1. The Balaban J connectivity index is 1.26. The second-order valence-electron chi connectivity index (χ2n) is 8.68. The van der Waals surface area contributed by atoms with E-state index in [4.69, 9.17) is 0 Å². The van der Waals surface area contributed by atoms with Gasteiger partial charge in [-0.25, -0.2) is 0 Å². The lowest BCUT2D eigenvalue weighted by molar-refractivity contribution is -0.137. The van der Waals surface area contributed by atoms with Crippen molar-refractivity contribution in [1.29, 1.82) is 0 Å². The summed E-state index contributed by atoms with van der Waals surface area (Å²) in [6.07, 6.45) is -4.40. The summed E-state index contributed by atoms with van der Waals surface area (Å²) in [7, 11) is 0. The third-order valence-corrected chi connectivity index (χ3v) is 6.10. The zero-order valence-corrected chi connectivity index (χ0v) is 19.1. The van der Waals surface area contributed by atoms with E-state index in [2.05, 4.69) is 46.3 Å². The van der Waals surface area contributed by atoms with Crippen LogP contribution < -0.4 is 10.2 Å². The molecule has 4 nitrogen and oxygen atoms in total. The fourth-order valence-electron chi connectivity index (χ4n) is 4.08. The first-order valence-electron chi connectivity index (χ1n) is 11.4. The summed E-state index contributed by atoms with van der Waals surface area (Å²) in [6.45, 7) is 6.81. The molecule has 1 fully saturated rings. The third kappa shape index (κ3) is 6.17. The van der Waals surface area contributed by atoms with Gasteiger partial charge in [-0.2, -0.15) is 13.2 Å². The molecule has 1 saturated heterocycles. The Labute approximate surface area is 198 Å². The maximum Gasteiger partial charge on any atom is 0.416 e. The number of carbonyl (C=O) groups excluding carboxylic acids is 1. The molecule has 3 aromatic carbocycles. The van der Waals surface area contributed by atoms with E-state index in [0.29, 0.717) is 11.1 Å². The van der Waals surface area contributed by atoms with Crippen LogP contribution >= 0.6 is 0 Å². The van der Waals surface area contributed by atoms with Gasteiger partial charge in [-0.05, 0) is 54.4 Å². The second kappa shape index (κ2) is 10.3. The summed E-state index contributed by atoms with van der Waals surface area (Å²) in [6, 6.07) is 21.0. The van der Waals surface area contributed by atoms with Crippen molar-refractivity contribution in [2.45, 2.75) is 26.2 Å². The largest absolute Gasteiger partial charge is 0.416 e. The number of hydrogen-bond donors (Lipinski definition) is 1. The third-order valence-electron chi connectivity index (χ3n) is 6.10. The Morgan fingerprint density at radius 2 is 1.56 bits per heavy atom. The highest BCUT2D eigenvalue weighted by Gasteiger charge is 2.30. The number of aryl methyl sites for hydroxylation is 1. The van der Waals surface area contributed by atoms with E-state index in [-0.39, 0.29) is 12.5 Å². The van der Waals surface area contributed by atoms with E-state index in [0.717, 1.165) is 50.4 Å². The number of anilines is 1. The van der Waals surface area contributed by atoms with Crippen molar-refractivity contribution in [2.24, 2.45) is 0 Å². The predicted octanol–water partition coefficient (Wildman–Crippen LogP) is 5.27. The van der Waals surface area contributed by atoms with Crippen molar-refractivity contribution in [1.82, 2.24) is 10.2 Å². The highest BCUT2D eigenvalue weighted by molar-refractivity contribution is 5.94. The van der Waals surface area contributed by atoms with Crippen molar-refractivity contribution in [2.75, 3.05) is 31.1 Å². The monoisotopic (exact) mass is 467 g/mol. The molecule has 1 amide bonds. The Hall–Kier alpha value is -3.32. The van der Waals surface area contributed by atoms with Crippen LogP contribution in [0.25, 0.3) is 0 Å². The minimum absolute atomic E-state index is 0.0375. The van der Waals surface area contributed by atoms with Gasteiger partial charge < -0.3 is 10.2 Å². The number of nitrogens with zero attached hydrogens (tertiary/aromatic N) is 2. The Kier molecular flexibility index (Phi) is 7.22. The van der Waals surface area contributed by atoms with E-state index < -0.39 is 11.7 Å². The fraction of sp³-hybridized carbons (Fsp3) is 0.296. The molecule has 0 aliphatic carbocycles. The van der Waals surface area contributed by atoms with Gasteiger partial charge in [0.1, 0.15) is 0 Å². The van der Waals surface area contributed by atoms with Crippen LogP contribution in [-0.2, 0) is 19.3 Å². The topological polar surface area (TPSA) is 35.6 Å². The lowest BCUT2D eigenvalue weighted by Crippen LogP contribution is -2.45. The van der Waals surface area contributed by atoms with Crippen molar-refractivity contribution < 1.29 is 18.0 Å². The second-order valence-corrected chi connectivity index (χ2v) is 8.68. The first-order valence-corrected chi connectivity index (χ1v) is 11.4. The van der Waals surface area contributed by atoms with Crippen molar-refractivity contribution in [3.8, 4) is 0 Å². The number of carbonyl (C=O) groups is 1. The van der Waals surface area contributed by atoms with E-state index in [1.54, 1.807) is 18.2 Å². The van der Waals surface area contributed by atoms with E-state index >= 15 is 0 Å². The Morgan fingerprint density at radius 1 is 0.882 bits per heavy atom. The van der Waals surface area contributed by atoms with Gasteiger partial charge in [-0.1, -0.05) is 42.0 Å². The van der Waals surface area contributed by atoms with Crippen LogP contribution in [-0.4, -0.2) is 37.0 Å². The number of halogens is 3. The van der Waals surface area contributed by atoms with Gasteiger partial charge in [0.15, 0.2) is 0 Å². The summed E-state index contributed by atoms with van der Waals surface area (Å²) in [5.41, 5.74) is 3.81. The summed E-state index contributed by atoms with van der Waals surface area (Å²) in [4.78, 5) is 17.2. The number of nitrogens with one attached hydrogen (secondary N) is 1. The standard InChI is InChI=1S/C27H28F3N3O/c1-20-5-11-25(12-6-20)33-15-13-32(14-16-33)19-21-7-9-23(10-8-21)26(34)31-18-22-3-2-4-24(17-22)27(28,29)30/h2-12,17H,13-16,18-19H2,1H3,(H,31,34). The number of benzene rings is 3. The molecule has 1 aliphatic heterocycles. The van der Waals surface area contributed by atoms with Crippen LogP contribution in [0.15, 0.2) is 72.8 Å². The highest BCUT2D eigenvalue weighted by Crippen LogP contribution is 2.29. The lowest BCUT2D eigenvalue weighted by Gasteiger charge is -2.36. The molecular weight excluding hydrogens is 439 g/mol. The molecular formula is C27H28F3N3O.